The molecule has 4 heteroatoms. The average Bonchev–Trinajstić information content (AvgIpc) is 2.20. The van der Waals surface area contributed by atoms with Crippen LogP contribution in [0.2, 0.25) is 0 Å². The predicted molar refractivity (Wildman–Crippen MR) is 68.7 cm³/mol. The molecule has 0 radical (unpaired) electrons. The van der Waals surface area contributed by atoms with Crippen molar-refractivity contribution >= 4 is 71.2 Å². The summed E-state index contributed by atoms with van der Waals surface area (Å²) in [6, 6.07) is 10.0. The van der Waals surface area contributed by atoms with Crippen LogP contribution in [0.3, 0.4) is 0 Å². The molecule has 0 fully saturated rings. The van der Waals surface area contributed by atoms with Gasteiger partial charge in [-0.05, 0) is 5.56 Å². The molecule has 0 atom stereocenters. The molecule has 0 amide bonds. The first kappa shape index (κ1) is 20.6. The topological polar surface area (TPSA) is 37.3 Å². The predicted octanol–water partition coefficient (Wildman–Crippen LogP) is 1.29. The third-order valence-electron chi connectivity index (χ3n) is 1.21. The quantitative estimate of drug-likeness (QED) is 0.607. The van der Waals surface area contributed by atoms with Crippen LogP contribution in [-0.4, -0.2) is 70.2 Å². The van der Waals surface area contributed by atoms with Crippen LogP contribution in [0.5, 0.6) is 0 Å². The van der Waals surface area contributed by atoms with Crippen molar-refractivity contribution in [2.75, 3.05) is 0 Å². The van der Waals surface area contributed by atoms with Crippen LogP contribution in [0.15, 0.2) is 49.6 Å². The van der Waals surface area contributed by atoms with E-state index in [2.05, 4.69) is 13.2 Å². The zero-order valence-electron chi connectivity index (χ0n) is 7.31. The molecule has 0 aromatic heterocycles. The van der Waals surface area contributed by atoms with Crippen LogP contribution in [0.1, 0.15) is 5.56 Å². The van der Waals surface area contributed by atoms with Crippen molar-refractivity contribution in [3.8, 4) is 0 Å². The summed E-state index contributed by atoms with van der Waals surface area (Å²) in [5.74, 6) is -0.981. The zero-order valence-corrected chi connectivity index (χ0v) is 7.31. The summed E-state index contributed by atoms with van der Waals surface area (Å²) < 4.78 is 0. The molecule has 0 aliphatic heterocycles. The van der Waals surface area contributed by atoms with Crippen molar-refractivity contribution in [1.29, 1.82) is 0 Å². The summed E-state index contributed by atoms with van der Waals surface area (Å²) in [6.45, 7) is 6.59. The number of hydrogen-bond acceptors (Lipinski definition) is 1. The number of benzene rings is 1. The van der Waals surface area contributed by atoms with Gasteiger partial charge in [-0.2, -0.15) is 0 Å². The summed E-state index contributed by atoms with van der Waals surface area (Å²) >= 11 is 0. The maximum atomic E-state index is 9.25. The van der Waals surface area contributed by atoms with E-state index in [1.54, 1.807) is 0 Å². The molecule has 1 aromatic carbocycles. The van der Waals surface area contributed by atoms with E-state index in [1.165, 1.54) is 5.56 Å². The van der Waals surface area contributed by atoms with Crippen molar-refractivity contribution in [2.45, 2.75) is 0 Å². The fourth-order valence-corrected chi connectivity index (χ4v) is 0.589. The second-order valence-electron chi connectivity index (χ2n) is 2.16. The Balaban J connectivity index is -0.000000185. The number of carbonyl (C=O) groups is 1. The first-order valence-electron chi connectivity index (χ1n) is 3.73. The summed E-state index contributed by atoms with van der Waals surface area (Å²) in [5.41, 5.74) is 1.17. The third kappa shape index (κ3) is 14.2. The van der Waals surface area contributed by atoms with Gasteiger partial charge < -0.3 is 5.11 Å². The third-order valence-corrected chi connectivity index (χ3v) is 1.21. The van der Waals surface area contributed by atoms with E-state index in [0.29, 0.717) is 0 Å². The number of carboxylic acids is 1. The average molecular weight is 224 g/mol. The Morgan fingerprint density at radius 3 is 1.73 bits per heavy atom. The molecule has 2 nitrogen and oxygen atoms in total. The Kier molecular flexibility index (Phi) is 19.4. The van der Waals surface area contributed by atoms with Gasteiger partial charge in [0.25, 0.3) is 0 Å². The van der Waals surface area contributed by atoms with Crippen LogP contribution >= 0.6 is 0 Å². The van der Waals surface area contributed by atoms with Crippen molar-refractivity contribution < 1.29 is 9.90 Å². The molecule has 1 rings (SSSR count). The molecule has 72 valence electrons. The van der Waals surface area contributed by atoms with Gasteiger partial charge >= 0.3 is 65.1 Å². The van der Waals surface area contributed by atoms with Crippen molar-refractivity contribution in [2.24, 2.45) is 0 Å². The second kappa shape index (κ2) is 14.2. The van der Waals surface area contributed by atoms with Crippen molar-refractivity contribution in [3.63, 3.8) is 0 Å². The Hall–Kier alpha value is 0.170. The minimum absolute atomic E-state index is 0. The number of carboxylic acid groups (broad SMARTS) is 1. The molecule has 0 unspecified atom stereocenters. The molecule has 1 N–H and O–H groups in total. The van der Waals surface area contributed by atoms with Crippen LogP contribution in [-0.2, 0) is 4.79 Å². The first-order chi connectivity index (χ1) is 6.20. The van der Waals surface area contributed by atoms with E-state index in [9.17, 15) is 4.79 Å². The summed E-state index contributed by atoms with van der Waals surface area (Å²) in [5, 5.41) is 7.60. The van der Waals surface area contributed by atoms with Crippen LogP contribution in [0, 0.1) is 0 Å². The maximum absolute atomic E-state index is 9.25. The van der Waals surface area contributed by atoms with Gasteiger partial charge in [-0.3, -0.25) is 0 Å². The van der Waals surface area contributed by atoms with Gasteiger partial charge in [0.15, 0.2) is 0 Å². The SMILES string of the molecule is C=CC(=O)O.C=Cc1ccccc1.[NaH].[NaH]. The van der Waals surface area contributed by atoms with Gasteiger partial charge in [0.2, 0.25) is 0 Å². The van der Waals surface area contributed by atoms with Crippen LogP contribution in [0.25, 0.3) is 6.08 Å². The Bertz CT molecular complexity index is 284. The van der Waals surface area contributed by atoms with E-state index in [1.807, 2.05) is 36.4 Å². The van der Waals surface area contributed by atoms with E-state index in [-0.39, 0.29) is 59.1 Å². The van der Waals surface area contributed by atoms with E-state index < -0.39 is 5.97 Å². The monoisotopic (exact) mass is 224 g/mol. The van der Waals surface area contributed by atoms with Crippen LogP contribution < -0.4 is 0 Å². The van der Waals surface area contributed by atoms with E-state index in [0.717, 1.165) is 6.08 Å². The first-order valence-corrected chi connectivity index (χ1v) is 3.73. The molecule has 0 saturated carbocycles. The summed E-state index contributed by atoms with van der Waals surface area (Å²) in [7, 11) is 0. The number of rotatable bonds is 2. The molecule has 0 aliphatic carbocycles. The normalized spacial score (nSPS) is 6.67. The molecule has 0 heterocycles. The Labute approximate surface area is 135 Å². The molecule has 0 spiro atoms. The van der Waals surface area contributed by atoms with E-state index >= 15 is 0 Å². The molecule has 15 heavy (non-hydrogen) atoms. The Morgan fingerprint density at radius 1 is 1.13 bits per heavy atom. The van der Waals surface area contributed by atoms with E-state index in [4.69, 9.17) is 5.11 Å². The molecule has 0 bridgehead atoms. The fourth-order valence-electron chi connectivity index (χ4n) is 0.589. The van der Waals surface area contributed by atoms with Gasteiger partial charge in [0.1, 0.15) is 0 Å². The molecule has 0 aliphatic rings. The molecule has 1 aromatic rings. The summed E-state index contributed by atoms with van der Waals surface area (Å²) in [6.07, 6.45) is 2.67. The van der Waals surface area contributed by atoms with Crippen molar-refractivity contribution in [3.05, 3.63) is 55.1 Å². The summed E-state index contributed by atoms with van der Waals surface area (Å²) in [4.78, 5) is 9.25. The van der Waals surface area contributed by atoms with Gasteiger partial charge in [-0.1, -0.05) is 49.6 Å². The molecular formula is C11H14Na2O2. The number of aliphatic carboxylic acids is 1. The fraction of sp³-hybridized carbons (Fsp3) is 0. The van der Waals surface area contributed by atoms with Gasteiger partial charge in [0.05, 0.1) is 0 Å². The Morgan fingerprint density at radius 2 is 1.53 bits per heavy atom. The standard InChI is InChI=1S/C8H8.C3H4O2.2Na.2H/c1-2-8-6-4-3-5-7-8;1-2-3(4)5;;;;/h2-7H,1H2;2H,1H2,(H,4,5);;;;. The van der Waals surface area contributed by atoms with Gasteiger partial charge in [-0.25, -0.2) is 4.79 Å². The van der Waals surface area contributed by atoms with Crippen molar-refractivity contribution in [1.82, 2.24) is 0 Å². The molecular weight excluding hydrogens is 210 g/mol. The minimum atomic E-state index is -0.981. The van der Waals surface area contributed by atoms with Crippen LogP contribution in [0.4, 0.5) is 0 Å². The van der Waals surface area contributed by atoms with Gasteiger partial charge in [0, 0.05) is 6.08 Å². The second-order valence-corrected chi connectivity index (χ2v) is 2.16. The van der Waals surface area contributed by atoms with Gasteiger partial charge in [-0.15, -0.1) is 0 Å². The molecule has 0 saturated heterocycles. The number of hydrogen-bond donors (Lipinski definition) is 1. The zero-order chi connectivity index (χ0) is 10.1.